The van der Waals surface area contributed by atoms with E-state index in [2.05, 4.69) is 4.74 Å². The number of carbonyl (C=O) groups excluding carboxylic acids is 3. The van der Waals surface area contributed by atoms with E-state index >= 15 is 0 Å². The first-order chi connectivity index (χ1) is 10.4. The SMILES string of the molecule is O=C1CCC(C(=O)OCC(O)C2OC(=O)C(O)=C2O)CCO1. The van der Waals surface area contributed by atoms with E-state index in [9.17, 15) is 24.6 Å². The van der Waals surface area contributed by atoms with E-state index < -0.39 is 48.2 Å². The second-order valence-corrected chi connectivity index (χ2v) is 5.00. The Kier molecular flexibility index (Phi) is 4.86. The monoisotopic (exact) mass is 316 g/mol. The Morgan fingerprint density at radius 1 is 1.32 bits per heavy atom. The lowest BCUT2D eigenvalue weighted by Gasteiger charge is -2.19. The van der Waals surface area contributed by atoms with E-state index in [0.717, 1.165) is 0 Å². The van der Waals surface area contributed by atoms with Crippen LogP contribution in [0, 0.1) is 5.92 Å². The summed E-state index contributed by atoms with van der Waals surface area (Å²) < 4.78 is 14.3. The highest BCUT2D eigenvalue weighted by Crippen LogP contribution is 2.22. The maximum absolute atomic E-state index is 11.9. The van der Waals surface area contributed by atoms with Gasteiger partial charge in [0.1, 0.15) is 12.7 Å². The van der Waals surface area contributed by atoms with Gasteiger partial charge in [-0.15, -0.1) is 0 Å². The average Bonchev–Trinajstić information content (AvgIpc) is 2.68. The Bertz CT molecular complexity index is 510. The van der Waals surface area contributed by atoms with Gasteiger partial charge in [0.15, 0.2) is 11.9 Å². The third-order valence-corrected chi connectivity index (χ3v) is 3.44. The molecule has 0 spiro atoms. The Morgan fingerprint density at radius 2 is 2.05 bits per heavy atom. The van der Waals surface area contributed by atoms with Crippen molar-refractivity contribution in [2.24, 2.45) is 5.92 Å². The Hall–Kier alpha value is -2.29. The van der Waals surface area contributed by atoms with Crippen molar-refractivity contribution in [2.45, 2.75) is 31.5 Å². The standard InChI is InChI=1S/C13H16O9/c14-7(11-9(16)10(17)13(19)22-11)5-21-12(18)6-1-2-8(15)20-4-3-6/h6-7,11,14,16-17H,1-5H2. The lowest BCUT2D eigenvalue weighted by molar-refractivity contribution is -0.158. The first kappa shape index (κ1) is 16.1. The molecular weight excluding hydrogens is 300 g/mol. The molecule has 1 saturated heterocycles. The predicted octanol–water partition coefficient (Wildman–Crippen LogP) is -0.513. The van der Waals surface area contributed by atoms with Crippen molar-refractivity contribution in [3.63, 3.8) is 0 Å². The fraction of sp³-hybridized carbons (Fsp3) is 0.615. The minimum Gasteiger partial charge on any atom is -0.505 e. The van der Waals surface area contributed by atoms with Crippen LogP contribution in [0.4, 0.5) is 0 Å². The summed E-state index contributed by atoms with van der Waals surface area (Å²) in [6.07, 6.45) is -2.26. The van der Waals surface area contributed by atoms with Crippen molar-refractivity contribution < 1.29 is 43.9 Å². The molecule has 2 rings (SSSR count). The van der Waals surface area contributed by atoms with Crippen molar-refractivity contribution in [2.75, 3.05) is 13.2 Å². The van der Waals surface area contributed by atoms with Gasteiger partial charge in [-0.1, -0.05) is 0 Å². The van der Waals surface area contributed by atoms with E-state index in [4.69, 9.17) is 14.6 Å². The molecule has 0 aromatic carbocycles. The van der Waals surface area contributed by atoms with Crippen molar-refractivity contribution in [1.29, 1.82) is 0 Å². The Morgan fingerprint density at radius 3 is 2.68 bits per heavy atom. The average molecular weight is 316 g/mol. The van der Waals surface area contributed by atoms with Gasteiger partial charge in [-0.3, -0.25) is 9.59 Å². The molecule has 3 unspecified atom stereocenters. The zero-order valence-corrected chi connectivity index (χ0v) is 11.6. The van der Waals surface area contributed by atoms with Crippen LogP contribution in [-0.2, 0) is 28.6 Å². The number of aliphatic hydroxyl groups is 3. The fourth-order valence-electron chi connectivity index (χ4n) is 2.16. The molecule has 0 aliphatic carbocycles. The van der Waals surface area contributed by atoms with Gasteiger partial charge in [-0.2, -0.15) is 0 Å². The Labute approximate surface area is 125 Å². The molecule has 3 N–H and O–H groups in total. The van der Waals surface area contributed by atoms with Crippen LogP contribution in [0.1, 0.15) is 19.3 Å². The molecule has 122 valence electrons. The van der Waals surface area contributed by atoms with Crippen LogP contribution in [-0.4, -0.2) is 58.6 Å². The number of ether oxygens (including phenoxy) is 3. The van der Waals surface area contributed by atoms with Crippen LogP contribution in [0.25, 0.3) is 0 Å². The summed E-state index contributed by atoms with van der Waals surface area (Å²) >= 11 is 0. The van der Waals surface area contributed by atoms with E-state index in [1.54, 1.807) is 0 Å². The predicted molar refractivity (Wildman–Crippen MR) is 67.4 cm³/mol. The van der Waals surface area contributed by atoms with Gasteiger partial charge in [-0.05, 0) is 12.8 Å². The zero-order valence-electron chi connectivity index (χ0n) is 11.6. The highest BCUT2D eigenvalue weighted by molar-refractivity contribution is 5.89. The zero-order chi connectivity index (χ0) is 16.3. The molecule has 22 heavy (non-hydrogen) atoms. The number of carbonyl (C=O) groups is 3. The van der Waals surface area contributed by atoms with Crippen LogP contribution < -0.4 is 0 Å². The Balaban J connectivity index is 1.83. The normalized spacial score (nSPS) is 27.0. The minimum absolute atomic E-state index is 0.111. The molecule has 2 aliphatic rings. The number of hydrogen-bond donors (Lipinski definition) is 3. The van der Waals surface area contributed by atoms with Crippen LogP contribution in [0.15, 0.2) is 11.5 Å². The fourth-order valence-corrected chi connectivity index (χ4v) is 2.16. The summed E-state index contributed by atoms with van der Waals surface area (Å²) in [5, 5.41) is 28.3. The van der Waals surface area contributed by atoms with E-state index in [-0.39, 0.29) is 25.4 Å². The summed E-state index contributed by atoms with van der Waals surface area (Å²) in [4.78, 5) is 33.9. The van der Waals surface area contributed by atoms with Crippen molar-refractivity contribution >= 4 is 17.9 Å². The topological polar surface area (TPSA) is 140 Å². The molecule has 2 aliphatic heterocycles. The van der Waals surface area contributed by atoms with Crippen LogP contribution >= 0.6 is 0 Å². The van der Waals surface area contributed by atoms with Gasteiger partial charge in [0, 0.05) is 6.42 Å². The number of cyclic esters (lactones) is 2. The first-order valence-electron chi connectivity index (χ1n) is 6.73. The molecular formula is C13H16O9. The number of esters is 3. The molecule has 0 bridgehead atoms. The van der Waals surface area contributed by atoms with Gasteiger partial charge in [0.2, 0.25) is 5.76 Å². The maximum atomic E-state index is 11.9. The number of aliphatic hydroxyl groups excluding tert-OH is 3. The van der Waals surface area contributed by atoms with E-state index in [1.807, 2.05) is 0 Å². The van der Waals surface area contributed by atoms with E-state index in [0.29, 0.717) is 6.42 Å². The third-order valence-electron chi connectivity index (χ3n) is 3.44. The molecule has 0 amide bonds. The highest BCUT2D eigenvalue weighted by atomic mass is 16.6. The van der Waals surface area contributed by atoms with E-state index in [1.165, 1.54) is 0 Å². The molecule has 1 fully saturated rings. The summed E-state index contributed by atoms with van der Waals surface area (Å²) in [6.45, 7) is -0.405. The van der Waals surface area contributed by atoms with Gasteiger partial charge in [0.25, 0.3) is 0 Å². The lowest BCUT2D eigenvalue weighted by atomic mass is 10.0. The van der Waals surface area contributed by atoms with Crippen LogP contribution in [0.2, 0.25) is 0 Å². The molecule has 0 saturated carbocycles. The molecule has 0 aromatic heterocycles. The van der Waals surface area contributed by atoms with Crippen molar-refractivity contribution in [3.05, 3.63) is 11.5 Å². The lowest BCUT2D eigenvalue weighted by Crippen LogP contribution is -2.34. The molecule has 9 nitrogen and oxygen atoms in total. The summed E-state index contributed by atoms with van der Waals surface area (Å²) in [7, 11) is 0. The summed E-state index contributed by atoms with van der Waals surface area (Å²) in [5.41, 5.74) is 0. The van der Waals surface area contributed by atoms with Crippen LogP contribution in [0.5, 0.6) is 0 Å². The molecule has 0 aromatic rings. The highest BCUT2D eigenvalue weighted by Gasteiger charge is 2.40. The van der Waals surface area contributed by atoms with Gasteiger partial charge in [0.05, 0.1) is 12.5 Å². The largest absolute Gasteiger partial charge is 0.505 e. The smallest absolute Gasteiger partial charge is 0.377 e. The summed E-state index contributed by atoms with van der Waals surface area (Å²) in [6, 6.07) is 0. The summed E-state index contributed by atoms with van der Waals surface area (Å²) in [5.74, 6) is -4.46. The second kappa shape index (κ2) is 6.65. The van der Waals surface area contributed by atoms with Crippen molar-refractivity contribution in [3.8, 4) is 0 Å². The molecule has 0 radical (unpaired) electrons. The molecule has 2 heterocycles. The number of hydrogen-bond acceptors (Lipinski definition) is 9. The molecule has 9 heteroatoms. The number of rotatable bonds is 4. The van der Waals surface area contributed by atoms with Crippen molar-refractivity contribution in [1.82, 2.24) is 0 Å². The van der Waals surface area contributed by atoms with Gasteiger partial charge >= 0.3 is 17.9 Å². The minimum atomic E-state index is -1.51. The molecule has 3 atom stereocenters. The van der Waals surface area contributed by atoms with Gasteiger partial charge < -0.3 is 29.5 Å². The van der Waals surface area contributed by atoms with Gasteiger partial charge in [-0.25, -0.2) is 4.79 Å². The maximum Gasteiger partial charge on any atom is 0.377 e. The first-order valence-corrected chi connectivity index (χ1v) is 6.73. The second-order valence-electron chi connectivity index (χ2n) is 5.00. The third kappa shape index (κ3) is 3.48. The van der Waals surface area contributed by atoms with Crippen LogP contribution in [0.3, 0.4) is 0 Å². The quantitative estimate of drug-likeness (QED) is 0.462.